The number of hydrogen-bond donors (Lipinski definition) is 3. The number of rotatable bonds is 14. The van der Waals surface area contributed by atoms with Crippen LogP contribution >= 0.6 is 23.1 Å². The van der Waals surface area contributed by atoms with E-state index < -0.39 is 28.3 Å². The Kier molecular flexibility index (Phi) is 12.4. The number of aryl methyl sites for hydroxylation is 1. The second kappa shape index (κ2) is 17.6. The average molecular weight is 794 g/mol. The van der Waals surface area contributed by atoms with Gasteiger partial charge < -0.3 is 19.9 Å². The van der Waals surface area contributed by atoms with Crippen LogP contribution in [0.4, 0.5) is 0 Å². The highest BCUT2D eigenvalue weighted by Crippen LogP contribution is 2.43. The third-order valence-electron chi connectivity index (χ3n) is 9.72. The van der Waals surface area contributed by atoms with Gasteiger partial charge in [-0.15, -0.1) is 11.3 Å². The van der Waals surface area contributed by atoms with Crippen molar-refractivity contribution in [2.75, 3.05) is 5.75 Å². The molecule has 12 heteroatoms. The quantitative estimate of drug-likeness (QED) is 0.0952. The molecule has 3 N–H and O–H groups in total. The summed E-state index contributed by atoms with van der Waals surface area (Å²) in [6.07, 6.45) is -0.859. The number of fused-ring (bicyclic) bond motifs is 1. The van der Waals surface area contributed by atoms with Crippen LogP contribution in [0.2, 0.25) is 0 Å². The van der Waals surface area contributed by atoms with Crippen molar-refractivity contribution in [1.29, 1.82) is 0 Å². The highest BCUT2D eigenvalue weighted by Gasteiger charge is 2.38. The van der Waals surface area contributed by atoms with E-state index in [-0.39, 0.29) is 42.6 Å². The molecule has 9 nitrogen and oxygen atoms in total. The first-order valence-corrected chi connectivity index (χ1v) is 21.4. The fourth-order valence-corrected chi connectivity index (χ4v) is 9.94. The van der Waals surface area contributed by atoms with Crippen LogP contribution in [-0.2, 0) is 43.9 Å². The van der Waals surface area contributed by atoms with E-state index in [2.05, 4.69) is 23.0 Å². The molecule has 5 aromatic carbocycles. The number of aliphatic hydroxyl groups excluding tert-OH is 1. The lowest BCUT2D eigenvalue weighted by Crippen LogP contribution is -2.47. The van der Waals surface area contributed by atoms with Crippen molar-refractivity contribution in [2.24, 2.45) is 5.92 Å². The monoisotopic (exact) mass is 793 g/mol. The van der Waals surface area contributed by atoms with E-state index in [0.717, 1.165) is 47.9 Å². The SMILES string of the molecule is Cc1ccc(S(=O)(=O)NC(Cc2ccccc2)C(=O)NCc2ccc(C3OC(CSc4nc5ccccc5s4)C(C)C(c4ccc(CO)cc4)O3)cc2)cc1. The number of nitrogens with one attached hydrogen (secondary N) is 2. The molecule has 284 valence electrons. The van der Waals surface area contributed by atoms with Crippen molar-refractivity contribution in [3.05, 3.63) is 161 Å². The van der Waals surface area contributed by atoms with Crippen molar-refractivity contribution in [1.82, 2.24) is 15.0 Å². The molecule has 1 amide bonds. The average Bonchev–Trinajstić information content (AvgIpc) is 3.63. The highest BCUT2D eigenvalue weighted by molar-refractivity contribution is 8.01. The van der Waals surface area contributed by atoms with Crippen LogP contribution in [0.3, 0.4) is 0 Å². The molecule has 1 aromatic heterocycles. The predicted octanol–water partition coefficient (Wildman–Crippen LogP) is 7.89. The molecule has 1 saturated heterocycles. The van der Waals surface area contributed by atoms with E-state index in [4.69, 9.17) is 14.5 Å². The Morgan fingerprint density at radius 3 is 2.22 bits per heavy atom. The molecular formula is C43H43N3O6S3. The van der Waals surface area contributed by atoms with Crippen molar-refractivity contribution < 1.29 is 27.8 Å². The summed E-state index contributed by atoms with van der Waals surface area (Å²) in [5.74, 6) is 0.286. The Labute approximate surface area is 330 Å². The molecule has 6 aromatic rings. The summed E-state index contributed by atoms with van der Waals surface area (Å²) in [5.41, 5.74) is 6.27. The molecule has 5 atom stereocenters. The Morgan fingerprint density at radius 2 is 1.51 bits per heavy atom. The molecule has 2 heterocycles. The van der Waals surface area contributed by atoms with Gasteiger partial charge in [-0.25, -0.2) is 13.4 Å². The van der Waals surface area contributed by atoms with Crippen LogP contribution < -0.4 is 10.0 Å². The summed E-state index contributed by atoms with van der Waals surface area (Å²) >= 11 is 3.36. The molecule has 1 fully saturated rings. The summed E-state index contributed by atoms with van der Waals surface area (Å²) in [7, 11) is -3.96. The third-order valence-corrected chi connectivity index (χ3v) is 13.5. The number of carbonyl (C=O) groups excluding carboxylic acids is 1. The zero-order valence-corrected chi connectivity index (χ0v) is 32.9. The smallest absolute Gasteiger partial charge is 0.241 e. The standard InChI is InChI=1S/C43H43N3O6S3/c1-28-12-22-35(23-13-28)55(49,50)46-37(24-30-8-4-3-5-9-30)41(48)44-25-31-14-20-34(21-15-31)42-51-38(27-53-43-45-36-10-6-7-11-39(36)54-43)29(2)40(52-42)33-18-16-32(26-47)17-19-33/h3-23,29,37-38,40,42,46-47H,24-27H2,1-2H3,(H,44,48). The Bertz CT molecular complexity index is 2270. The summed E-state index contributed by atoms with van der Waals surface area (Å²) in [5, 5.41) is 12.6. The maximum absolute atomic E-state index is 13.6. The number of carbonyl (C=O) groups is 1. The van der Waals surface area contributed by atoms with E-state index in [9.17, 15) is 18.3 Å². The van der Waals surface area contributed by atoms with Gasteiger partial charge in [-0.1, -0.05) is 127 Å². The lowest BCUT2D eigenvalue weighted by atomic mass is 9.91. The number of aromatic nitrogens is 1. The van der Waals surface area contributed by atoms with Gasteiger partial charge in [-0.05, 0) is 59.9 Å². The predicted molar refractivity (Wildman–Crippen MR) is 217 cm³/mol. The number of aliphatic hydroxyl groups is 1. The molecule has 5 unspecified atom stereocenters. The Morgan fingerprint density at radius 1 is 0.836 bits per heavy atom. The van der Waals surface area contributed by atoms with Crippen molar-refractivity contribution in [3.63, 3.8) is 0 Å². The number of amides is 1. The van der Waals surface area contributed by atoms with Gasteiger partial charge in [0.05, 0.1) is 33.9 Å². The van der Waals surface area contributed by atoms with Crippen LogP contribution in [-0.4, -0.2) is 42.3 Å². The molecule has 7 rings (SSSR count). The van der Waals surface area contributed by atoms with Crippen molar-refractivity contribution >= 4 is 49.2 Å². The number of ether oxygens (including phenoxy) is 2. The zero-order chi connectivity index (χ0) is 38.4. The molecular weight excluding hydrogens is 751 g/mol. The van der Waals surface area contributed by atoms with Gasteiger partial charge in [0, 0.05) is 23.8 Å². The van der Waals surface area contributed by atoms with Crippen molar-refractivity contribution in [2.45, 2.75) is 67.2 Å². The van der Waals surface area contributed by atoms with E-state index in [0.29, 0.717) is 5.75 Å². The highest BCUT2D eigenvalue weighted by atomic mass is 32.2. The number of sulfonamides is 1. The van der Waals surface area contributed by atoms with Gasteiger partial charge >= 0.3 is 0 Å². The molecule has 1 aliphatic heterocycles. The number of hydrogen-bond acceptors (Lipinski definition) is 9. The minimum absolute atomic E-state index is 0.0276. The summed E-state index contributed by atoms with van der Waals surface area (Å²) in [4.78, 5) is 18.5. The van der Waals surface area contributed by atoms with Crippen LogP contribution in [0.15, 0.2) is 137 Å². The number of thioether (sulfide) groups is 1. The second-order valence-corrected chi connectivity index (χ2v) is 17.7. The zero-order valence-electron chi connectivity index (χ0n) is 30.5. The Hall–Kier alpha value is -4.40. The van der Waals surface area contributed by atoms with Crippen LogP contribution in [0.25, 0.3) is 10.2 Å². The van der Waals surface area contributed by atoms with Crippen LogP contribution in [0.5, 0.6) is 0 Å². The minimum Gasteiger partial charge on any atom is -0.392 e. The number of thiazole rings is 1. The summed E-state index contributed by atoms with van der Waals surface area (Å²) < 4.78 is 44.7. The molecule has 0 radical (unpaired) electrons. The van der Waals surface area contributed by atoms with E-state index in [1.165, 1.54) is 12.1 Å². The number of nitrogens with zero attached hydrogens (tertiary/aromatic N) is 1. The molecule has 1 aliphatic rings. The molecule has 0 bridgehead atoms. The van der Waals surface area contributed by atoms with Crippen LogP contribution in [0.1, 0.15) is 52.7 Å². The minimum atomic E-state index is -3.96. The molecule has 0 aliphatic carbocycles. The van der Waals surface area contributed by atoms with Crippen molar-refractivity contribution in [3.8, 4) is 0 Å². The largest absolute Gasteiger partial charge is 0.392 e. The lowest BCUT2D eigenvalue weighted by molar-refractivity contribution is -0.268. The van der Waals surface area contributed by atoms with E-state index in [1.807, 2.05) is 104 Å². The van der Waals surface area contributed by atoms with E-state index >= 15 is 0 Å². The maximum Gasteiger partial charge on any atom is 0.241 e. The van der Waals surface area contributed by atoms with Gasteiger partial charge in [0.25, 0.3) is 0 Å². The fourth-order valence-electron chi connectivity index (χ4n) is 6.49. The third kappa shape index (κ3) is 9.71. The Balaban J connectivity index is 1.05. The van der Waals surface area contributed by atoms with Gasteiger partial charge in [0.2, 0.25) is 15.9 Å². The first-order chi connectivity index (χ1) is 26.6. The topological polar surface area (TPSA) is 127 Å². The maximum atomic E-state index is 13.6. The molecule has 0 spiro atoms. The normalized spacial score (nSPS) is 19.3. The summed E-state index contributed by atoms with van der Waals surface area (Å²) in [6.45, 7) is 4.19. The molecule has 0 saturated carbocycles. The van der Waals surface area contributed by atoms with Crippen LogP contribution in [0, 0.1) is 12.8 Å². The lowest BCUT2D eigenvalue weighted by Gasteiger charge is -2.41. The van der Waals surface area contributed by atoms with Gasteiger partial charge in [-0.3, -0.25) is 4.79 Å². The first-order valence-electron chi connectivity index (χ1n) is 18.1. The van der Waals surface area contributed by atoms with E-state index in [1.54, 1.807) is 35.2 Å². The molecule has 55 heavy (non-hydrogen) atoms. The number of benzene rings is 5. The fraction of sp³-hybridized carbons (Fsp3) is 0.256. The van der Waals surface area contributed by atoms with Gasteiger partial charge in [0.15, 0.2) is 10.6 Å². The van der Waals surface area contributed by atoms with Gasteiger partial charge in [0.1, 0.15) is 6.04 Å². The number of para-hydroxylation sites is 1. The second-order valence-electron chi connectivity index (χ2n) is 13.7. The summed E-state index contributed by atoms with van der Waals surface area (Å²) in [6, 6.07) is 38.5. The first kappa shape index (κ1) is 38.9. The van der Waals surface area contributed by atoms with Gasteiger partial charge in [-0.2, -0.15) is 4.72 Å².